The van der Waals surface area contributed by atoms with Gasteiger partial charge in [-0.1, -0.05) is 22.5 Å². The minimum Gasteiger partial charge on any atom is -1.00 e. The highest BCUT2D eigenvalue weighted by Gasteiger charge is 2.24. The monoisotopic (exact) mass is 305 g/mol. The zero-order valence-corrected chi connectivity index (χ0v) is 12.8. The maximum Gasteiger partial charge on any atom is 0.282 e. The Morgan fingerprint density at radius 3 is 2.21 bits per heavy atom. The molecule has 1 saturated heterocycles. The summed E-state index contributed by atoms with van der Waals surface area (Å²) in [4.78, 5) is 5.24. The Balaban J connectivity index is 0.00000180. The first-order valence-corrected chi connectivity index (χ1v) is 7.58. The van der Waals surface area contributed by atoms with E-state index in [4.69, 9.17) is 0 Å². The normalized spacial score (nSPS) is 18.0. The molecule has 1 aliphatic heterocycles. The standard InChI is InChI=1S/C12H19N3O2S.ClH/c1-11-3-5-12(6-4-11)18(16,17)13-15-9-7-14(2)8-10-15;/h3-6,13H,7-10H2,1-2H3;1H. The van der Waals surface area contributed by atoms with Crippen LogP contribution in [0.15, 0.2) is 29.2 Å². The smallest absolute Gasteiger partial charge is 0.282 e. The fraction of sp³-hybridized carbons (Fsp3) is 0.500. The molecule has 0 bridgehead atoms. The van der Waals surface area contributed by atoms with Crippen LogP contribution in [-0.4, -0.2) is 46.5 Å². The van der Waals surface area contributed by atoms with E-state index in [0.717, 1.165) is 36.8 Å². The lowest BCUT2D eigenvalue weighted by Gasteiger charge is -2.28. The van der Waals surface area contributed by atoms with Crippen LogP contribution in [0.1, 0.15) is 5.56 Å². The number of nitrogens with zero attached hydrogens (tertiary/aromatic N) is 1. The number of nitrogens with one attached hydrogen (secondary N) is 2. The van der Waals surface area contributed by atoms with Crippen LogP contribution in [0.3, 0.4) is 0 Å². The van der Waals surface area contributed by atoms with E-state index >= 15 is 0 Å². The predicted octanol–water partition coefficient (Wildman–Crippen LogP) is -3.98. The number of likely N-dealkylation sites (N-methyl/N-ethyl adjacent to an activating group) is 1. The minimum atomic E-state index is -3.40. The summed E-state index contributed by atoms with van der Waals surface area (Å²) < 4.78 is 24.3. The second-order valence-corrected chi connectivity index (χ2v) is 6.51. The van der Waals surface area contributed by atoms with E-state index < -0.39 is 10.0 Å². The Kier molecular flexibility index (Phi) is 5.76. The quantitative estimate of drug-likeness (QED) is 0.599. The van der Waals surface area contributed by atoms with Gasteiger partial charge in [-0.2, -0.15) is 0 Å². The van der Waals surface area contributed by atoms with Crippen molar-refractivity contribution in [2.75, 3.05) is 33.2 Å². The highest BCUT2D eigenvalue weighted by atomic mass is 35.5. The van der Waals surface area contributed by atoms with Gasteiger partial charge in [-0.05, 0) is 26.1 Å². The molecule has 1 aromatic carbocycles. The van der Waals surface area contributed by atoms with Gasteiger partial charge in [-0.3, -0.25) is 4.90 Å². The highest BCUT2D eigenvalue weighted by molar-refractivity contribution is 7.89. The average Bonchev–Trinajstić information content (AvgIpc) is 2.32. The SMILES string of the molecule is Cc1ccc(S(=O)(=O)N[NH+]2CCN(C)CC2)cc1.[Cl-]. The lowest BCUT2D eigenvalue weighted by molar-refractivity contribution is -0.934. The molecule has 1 aliphatic rings. The summed E-state index contributed by atoms with van der Waals surface area (Å²) in [6, 6.07) is 6.92. The van der Waals surface area contributed by atoms with Crippen molar-refractivity contribution in [1.29, 1.82) is 0 Å². The molecule has 1 aromatic rings. The number of aryl methyl sites for hydroxylation is 1. The summed E-state index contributed by atoms with van der Waals surface area (Å²) in [6.45, 7) is 5.34. The molecule has 0 spiro atoms. The molecule has 108 valence electrons. The highest BCUT2D eigenvalue weighted by Crippen LogP contribution is 2.08. The Labute approximate surface area is 121 Å². The summed E-state index contributed by atoms with van der Waals surface area (Å²) in [5, 5.41) is 0.911. The molecule has 0 aromatic heterocycles. The lowest BCUT2D eigenvalue weighted by Crippen LogP contribution is -3.21. The molecule has 2 N–H and O–H groups in total. The number of hydrogen-bond acceptors (Lipinski definition) is 3. The third-order valence-corrected chi connectivity index (χ3v) is 4.65. The van der Waals surface area contributed by atoms with Gasteiger partial charge >= 0.3 is 0 Å². The maximum absolute atomic E-state index is 12.1. The summed E-state index contributed by atoms with van der Waals surface area (Å²) >= 11 is 0. The second kappa shape index (κ2) is 6.67. The minimum absolute atomic E-state index is 0. The molecular weight excluding hydrogens is 286 g/mol. The van der Waals surface area contributed by atoms with Crippen LogP contribution >= 0.6 is 0 Å². The van der Waals surface area contributed by atoms with E-state index in [-0.39, 0.29) is 12.4 Å². The molecule has 0 saturated carbocycles. The van der Waals surface area contributed by atoms with E-state index in [2.05, 4.69) is 9.73 Å². The van der Waals surface area contributed by atoms with Crippen LogP contribution in [0.5, 0.6) is 0 Å². The van der Waals surface area contributed by atoms with E-state index in [9.17, 15) is 8.42 Å². The van der Waals surface area contributed by atoms with Gasteiger partial charge in [0, 0.05) is 13.1 Å². The largest absolute Gasteiger partial charge is 1.00 e. The van der Waals surface area contributed by atoms with Crippen molar-refractivity contribution < 1.29 is 25.8 Å². The molecule has 0 atom stereocenters. The third-order valence-electron chi connectivity index (χ3n) is 3.20. The van der Waals surface area contributed by atoms with Crippen LogP contribution in [0.4, 0.5) is 0 Å². The molecule has 0 unspecified atom stereocenters. The van der Waals surface area contributed by atoms with Gasteiger partial charge in [-0.25, -0.2) is 13.4 Å². The van der Waals surface area contributed by atoms with Crippen molar-refractivity contribution in [2.24, 2.45) is 0 Å². The van der Waals surface area contributed by atoms with Crippen LogP contribution in [-0.2, 0) is 10.0 Å². The van der Waals surface area contributed by atoms with Crippen LogP contribution < -0.4 is 22.2 Å². The number of quaternary nitrogens is 1. The van der Waals surface area contributed by atoms with Crippen molar-refractivity contribution in [3.05, 3.63) is 29.8 Å². The molecule has 0 aliphatic carbocycles. The first kappa shape index (κ1) is 16.4. The number of sulfonamides is 1. The van der Waals surface area contributed by atoms with Crippen LogP contribution in [0, 0.1) is 6.92 Å². The fourth-order valence-corrected chi connectivity index (χ4v) is 3.15. The van der Waals surface area contributed by atoms with Crippen molar-refractivity contribution in [2.45, 2.75) is 11.8 Å². The number of halogens is 1. The molecule has 1 heterocycles. The predicted molar refractivity (Wildman–Crippen MR) is 69.7 cm³/mol. The summed E-state index contributed by atoms with van der Waals surface area (Å²) in [5.41, 5.74) is 1.06. The van der Waals surface area contributed by atoms with E-state index in [1.807, 2.05) is 26.1 Å². The zero-order chi connectivity index (χ0) is 13.2. The first-order valence-electron chi connectivity index (χ1n) is 6.10. The second-order valence-electron chi connectivity index (χ2n) is 4.83. The van der Waals surface area contributed by atoms with E-state index in [1.54, 1.807) is 12.1 Å². The molecule has 2 rings (SSSR count). The van der Waals surface area contributed by atoms with Crippen LogP contribution in [0.25, 0.3) is 0 Å². The molecule has 5 nitrogen and oxygen atoms in total. The van der Waals surface area contributed by atoms with Gasteiger partial charge < -0.3 is 12.4 Å². The number of rotatable bonds is 3. The fourth-order valence-electron chi connectivity index (χ4n) is 1.96. The summed E-state index contributed by atoms with van der Waals surface area (Å²) in [7, 11) is -1.35. The van der Waals surface area contributed by atoms with Crippen molar-refractivity contribution in [3.8, 4) is 0 Å². The molecule has 1 fully saturated rings. The molecule has 0 radical (unpaired) electrons. The molecule has 7 heteroatoms. The van der Waals surface area contributed by atoms with Gasteiger partial charge in [0.05, 0.1) is 4.90 Å². The topological polar surface area (TPSA) is 53.9 Å². The summed E-state index contributed by atoms with van der Waals surface area (Å²) in [5.74, 6) is 0. The lowest BCUT2D eigenvalue weighted by atomic mass is 10.2. The van der Waals surface area contributed by atoms with E-state index in [0.29, 0.717) is 4.90 Å². The number of hydrogen-bond donors (Lipinski definition) is 2. The van der Waals surface area contributed by atoms with Crippen molar-refractivity contribution in [3.63, 3.8) is 0 Å². The van der Waals surface area contributed by atoms with Crippen molar-refractivity contribution in [1.82, 2.24) is 9.73 Å². The maximum atomic E-state index is 12.1. The number of piperazine rings is 1. The Morgan fingerprint density at radius 2 is 1.68 bits per heavy atom. The molecular formula is C12H20ClN3O2S. The van der Waals surface area contributed by atoms with Crippen molar-refractivity contribution >= 4 is 10.0 Å². The molecule has 0 amide bonds. The zero-order valence-electron chi connectivity index (χ0n) is 11.2. The Hall–Kier alpha value is -0.660. The average molecular weight is 306 g/mol. The summed E-state index contributed by atoms with van der Waals surface area (Å²) in [6.07, 6.45) is 0. The Morgan fingerprint density at radius 1 is 1.16 bits per heavy atom. The van der Waals surface area contributed by atoms with Gasteiger partial charge in [0.15, 0.2) is 0 Å². The Bertz CT molecular complexity index is 496. The van der Waals surface area contributed by atoms with E-state index in [1.165, 1.54) is 0 Å². The molecule has 19 heavy (non-hydrogen) atoms. The third kappa shape index (κ3) is 4.43. The first-order chi connectivity index (χ1) is 8.47. The number of benzene rings is 1. The van der Waals surface area contributed by atoms with Gasteiger partial charge in [0.2, 0.25) is 0 Å². The van der Waals surface area contributed by atoms with Gasteiger partial charge in [0.1, 0.15) is 13.1 Å². The van der Waals surface area contributed by atoms with Gasteiger partial charge in [-0.15, -0.1) is 0 Å². The van der Waals surface area contributed by atoms with Crippen LogP contribution in [0.2, 0.25) is 0 Å². The van der Waals surface area contributed by atoms with Gasteiger partial charge in [0.25, 0.3) is 10.0 Å².